The van der Waals surface area contributed by atoms with E-state index in [1.807, 2.05) is 13.0 Å². The predicted octanol–water partition coefficient (Wildman–Crippen LogP) is 3.37. The third kappa shape index (κ3) is 4.37. The van der Waals surface area contributed by atoms with Crippen LogP contribution in [0, 0.1) is 5.95 Å². The molecule has 0 aliphatic heterocycles. The summed E-state index contributed by atoms with van der Waals surface area (Å²) in [7, 11) is 0. The van der Waals surface area contributed by atoms with Crippen LogP contribution in [0.15, 0.2) is 30.6 Å². The molecule has 21 heavy (non-hydrogen) atoms. The molecule has 0 radical (unpaired) electrons. The molecule has 0 aliphatic rings. The van der Waals surface area contributed by atoms with Gasteiger partial charge in [0.15, 0.2) is 0 Å². The Labute approximate surface area is 128 Å². The molecule has 0 fully saturated rings. The van der Waals surface area contributed by atoms with E-state index in [2.05, 4.69) is 15.3 Å². The van der Waals surface area contributed by atoms with E-state index in [4.69, 9.17) is 16.7 Å². The Balaban J connectivity index is 2.06. The third-order valence-corrected chi connectivity index (χ3v) is 3.45. The molecule has 2 rings (SSSR count). The van der Waals surface area contributed by atoms with Crippen molar-refractivity contribution in [3.63, 3.8) is 0 Å². The summed E-state index contributed by atoms with van der Waals surface area (Å²) in [6.45, 7) is 2.38. The molecule has 1 atom stereocenters. The SMILES string of the molecule is CC(CCO)c1cc(NCc2ccc(Cl)cn2)cnc1F. The number of nitrogens with one attached hydrogen (secondary N) is 1. The third-order valence-electron chi connectivity index (χ3n) is 3.22. The van der Waals surface area contributed by atoms with Crippen molar-refractivity contribution in [2.75, 3.05) is 11.9 Å². The first-order chi connectivity index (χ1) is 10.1. The molecule has 0 aliphatic carbocycles. The van der Waals surface area contributed by atoms with Crippen LogP contribution in [0.2, 0.25) is 5.02 Å². The van der Waals surface area contributed by atoms with Crippen molar-refractivity contribution in [3.05, 3.63) is 52.8 Å². The van der Waals surface area contributed by atoms with Crippen LogP contribution in [0.25, 0.3) is 0 Å². The van der Waals surface area contributed by atoms with Crippen LogP contribution in [0.3, 0.4) is 0 Å². The largest absolute Gasteiger partial charge is 0.396 e. The summed E-state index contributed by atoms with van der Waals surface area (Å²) in [5, 5.41) is 12.7. The lowest BCUT2D eigenvalue weighted by atomic mass is 9.99. The van der Waals surface area contributed by atoms with Gasteiger partial charge >= 0.3 is 0 Å². The first-order valence-corrected chi connectivity index (χ1v) is 7.08. The van der Waals surface area contributed by atoms with E-state index >= 15 is 0 Å². The molecule has 4 nitrogen and oxygen atoms in total. The van der Waals surface area contributed by atoms with Crippen LogP contribution < -0.4 is 5.32 Å². The molecule has 2 aromatic rings. The topological polar surface area (TPSA) is 58.0 Å². The first kappa shape index (κ1) is 15.7. The van der Waals surface area contributed by atoms with Crippen molar-refractivity contribution >= 4 is 17.3 Å². The normalized spacial score (nSPS) is 12.2. The molecule has 0 spiro atoms. The maximum Gasteiger partial charge on any atom is 0.216 e. The zero-order valence-electron chi connectivity index (χ0n) is 11.7. The van der Waals surface area contributed by atoms with Gasteiger partial charge in [0.25, 0.3) is 0 Å². The fourth-order valence-corrected chi connectivity index (χ4v) is 2.07. The van der Waals surface area contributed by atoms with Crippen molar-refractivity contribution in [2.45, 2.75) is 25.8 Å². The number of aromatic nitrogens is 2. The van der Waals surface area contributed by atoms with Crippen molar-refractivity contribution in [1.29, 1.82) is 0 Å². The minimum absolute atomic E-state index is 0.0208. The zero-order chi connectivity index (χ0) is 15.2. The van der Waals surface area contributed by atoms with Gasteiger partial charge in [0.1, 0.15) is 0 Å². The van der Waals surface area contributed by atoms with Gasteiger partial charge in [0.2, 0.25) is 5.95 Å². The van der Waals surface area contributed by atoms with E-state index in [1.165, 1.54) is 6.20 Å². The molecule has 2 heterocycles. The number of nitrogens with zero attached hydrogens (tertiary/aromatic N) is 2. The van der Waals surface area contributed by atoms with Gasteiger partial charge < -0.3 is 10.4 Å². The number of anilines is 1. The molecule has 0 bridgehead atoms. The lowest BCUT2D eigenvalue weighted by molar-refractivity contribution is 0.277. The second-order valence-electron chi connectivity index (χ2n) is 4.84. The van der Waals surface area contributed by atoms with Gasteiger partial charge in [0, 0.05) is 18.4 Å². The maximum absolute atomic E-state index is 13.7. The lowest BCUT2D eigenvalue weighted by Gasteiger charge is -2.13. The Bertz CT molecular complexity index is 592. The summed E-state index contributed by atoms with van der Waals surface area (Å²) < 4.78 is 13.7. The van der Waals surface area contributed by atoms with E-state index in [-0.39, 0.29) is 12.5 Å². The minimum Gasteiger partial charge on any atom is -0.396 e. The second kappa shape index (κ2) is 7.33. The number of aliphatic hydroxyl groups excluding tert-OH is 1. The first-order valence-electron chi connectivity index (χ1n) is 6.70. The Morgan fingerprint density at radius 1 is 1.33 bits per heavy atom. The van der Waals surface area contributed by atoms with Crippen LogP contribution >= 0.6 is 11.6 Å². The highest BCUT2D eigenvalue weighted by molar-refractivity contribution is 6.30. The number of rotatable bonds is 6. The number of hydrogen-bond acceptors (Lipinski definition) is 4. The summed E-state index contributed by atoms with van der Waals surface area (Å²) in [5.41, 5.74) is 2.04. The highest BCUT2D eigenvalue weighted by atomic mass is 35.5. The van der Waals surface area contributed by atoms with Gasteiger partial charge in [-0.3, -0.25) is 4.98 Å². The molecule has 2 N–H and O–H groups in total. The molecular weight excluding hydrogens is 293 g/mol. The fourth-order valence-electron chi connectivity index (χ4n) is 1.96. The summed E-state index contributed by atoms with van der Waals surface area (Å²) in [4.78, 5) is 7.93. The van der Waals surface area contributed by atoms with E-state index in [9.17, 15) is 4.39 Å². The highest BCUT2D eigenvalue weighted by Gasteiger charge is 2.12. The van der Waals surface area contributed by atoms with Crippen molar-refractivity contribution in [2.24, 2.45) is 0 Å². The molecule has 6 heteroatoms. The molecule has 0 saturated heterocycles. The van der Waals surface area contributed by atoms with E-state index in [1.54, 1.807) is 18.3 Å². The van der Waals surface area contributed by atoms with E-state index in [0.717, 1.165) is 5.69 Å². The Kier molecular flexibility index (Phi) is 5.47. The average Bonchev–Trinajstić information content (AvgIpc) is 2.48. The van der Waals surface area contributed by atoms with Crippen molar-refractivity contribution < 1.29 is 9.50 Å². The van der Waals surface area contributed by atoms with Gasteiger partial charge in [-0.15, -0.1) is 0 Å². The average molecular weight is 310 g/mol. The monoisotopic (exact) mass is 309 g/mol. The Morgan fingerprint density at radius 2 is 2.14 bits per heavy atom. The van der Waals surface area contributed by atoms with Crippen molar-refractivity contribution in [1.82, 2.24) is 9.97 Å². The van der Waals surface area contributed by atoms with Crippen molar-refractivity contribution in [3.8, 4) is 0 Å². The summed E-state index contributed by atoms with van der Waals surface area (Å²) in [6, 6.07) is 5.31. The van der Waals surface area contributed by atoms with Gasteiger partial charge in [-0.2, -0.15) is 4.39 Å². The highest BCUT2D eigenvalue weighted by Crippen LogP contribution is 2.23. The van der Waals surface area contributed by atoms with Crippen LogP contribution in [0.4, 0.5) is 10.1 Å². The van der Waals surface area contributed by atoms with E-state index < -0.39 is 5.95 Å². The van der Waals surface area contributed by atoms with Gasteiger partial charge in [-0.25, -0.2) is 4.98 Å². The number of hydrogen-bond donors (Lipinski definition) is 2. The predicted molar refractivity (Wildman–Crippen MR) is 80.9 cm³/mol. The van der Waals surface area contributed by atoms with Crippen LogP contribution in [-0.4, -0.2) is 21.7 Å². The maximum atomic E-state index is 13.7. The quantitative estimate of drug-likeness (QED) is 0.803. The number of aliphatic hydroxyl groups is 1. The van der Waals surface area contributed by atoms with Crippen LogP contribution in [-0.2, 0) is 6.54 Å². The second-order valence-corrected chi connectivity index (χ2v) is 5.28. The molecule has 2 aromatic heterocycles. The zero-order valence-corrected chi connectivity index (χ0v) is 12.4. The summed E-state index contributed by atoms with van der Waals surface area (Å²) in [6.07, 6.45) is 3.53. The number of pyridine rings is 2. The summed E-state index contributed by atoms with van der Waals surface area (Å²) in [5.74, 6) is -0.580. The minimum atomic E-state index is -0.494. The molecule has 0 aromatic carbocycles. The molecule has 0 amide bonds. The molecule has 112 valence electrons. The van der Waals surface area contributed by atoms with E-state index in [0.29, 0.717) is 29.2 Å². The van der Waals surface area contributed by atoms with Gasteiger partial charge in [0.05, 0.1) is 29.1 Å². The molecular formula is C15H17ClFN3O. The van der Waals surface area contributed by atoms with Gasteiger partial charge in [-0.1, -0.05) is 18.5 Å². The Hall–Kier alpha value is -1.72. The van der Waals surface area contributed by atoms with Gasteiger partial charge in [-0.05, 0) is 30.5 Å². The Morgan fingerprint density at radius 3 is 2.81 bits per heavy atom. The van der Waals surface area contributed by atoms with Crippen LogP contribution in [0.1, 0.15) is 30.5 Å². The smallest absolute Gasteiger partial charge is 0.216 e. The fraction of sp³-hybridized carbons (Fsp3) is 0.333. The summed E-state index contributed by atoms with van der Waals surface area (Å²) >= 11 is 5.78. The molecule has 0 saturated carbocycles. The standard InChI is InChI=1S/C15H17ClFN3O/c1-10(4-5-21)14-6-13(9-20-15(14)17)19-8-12-3-2-11(16)7-18-12/h2-3,6-7,9-10,19,21H,4-5,8H2,1H3. The number of halogens is 2. The molecule has 1 unspecified atom stereocenters. The van der Waals surface area contributed by atoms with Crippen LogP contribution in [0.5, 0.6) is 0 Å². The lowest BCUT2D eigenvalue weighted by Crippen LogP contribution is -2.06.